The molecule has 0 saturated carbocycles. The number of benzene rings is 1. The predicted octanol–water partition coefficient (Wildman–Crippen LogP) is 0.534. The highest BCUT2D eigenvalue weighted by molar-refractivity contribution is 5.34. The minimum atomic E-state index is -0.572. The van der Waals surface area contributed by atoms with E-state index in [1.54, 1.807) is 31.4 Å². The van der Waals surface area contributed by atoms with Crippen LogP contribution in [0.25, 0.3) is 0 Å². The molecule has 0 unspecified atom stereocenters. The van der Waals surface area contributed by atoms with Gasteiger partial charge in [0.15, 0.2) is 0 Å². The van der Waals surface area contributed by atoms with E-state index in [1.165, 1.54) is 0 Å². The van der Waals surface area contributed by atoms with E-state index in [-0.39, 0.29) is 6.61 Å². The van der Waals surface area contributed by atoms with E-state index in [0.717, 1.165) is 0 Å². The summed E-state index contributed by atoms with van der Waals surface area (Å²) in [4.78, 5) is 0. The lowest BCUT2D eigenvalue weighted by Crippen LogP contribution is -2.33. The summed E-state index contributed by atoms with van der Waals surface area (Å²) in [7, 11) is 1.63. The van der Waals surface area contributed by atoms with Gasteiger partial charge in [-0.15, -0.1) is 0 Å². The van der Waals surface area contributed by atoms with Crippen LogP contribution >= 0.6 is 0 Å². The van der Waals surface area contributed by atoms with Crippen molar-refractivity contribution in [1.82, 2.24) is 5.32 Å². The van der Waals surface area contributed by atoms with Crippen molar-refractivity contribution < 1.29 is 14.6 Å². The Hall–Kier alpha value is -1.61. The lowest BCUT2D eigenvalue weighted by atomic mass is 10.2. The largest absolute Gasteiger partial charge is 0.491 e. The summed E-state index contributed by atoms with van der Waals surface area (Å²) in [6.07, 6.45) is -0.572. The maximum atomic E-state index is 9.63. The van der Waals surface area contributed by atoms with Crippen molar-refractivity contribution >= 4 is 0 Å². The number of methoxy groups -OCH3 is 1. The van der Waals surface area contributed by atoms with Crippen LogP contribution in [0.15, 0.2) is 24.3 Å². The molecule has 0 heterocycles. The molecule has 1 aromatic carbocycles. The van der Waals surface area contributed by atoms with Gasteiger partial charge in [-0.1, -0.05) is 0 Å². The zero-order valence-electron chi connectivity index (χ0n) is 10.4. The first kappa shape index (κ1) is 14.5. The van der Waals surface area contributed by atoms with Crippen molar-refractivity contribution in [3.63, 3.8) is 0 Å². The molecule has 1 atom stereocenters. The molecular formula is C13H18N2O3. The Morgan fingerprint density at radius 2 is 2.11 bits per heavy atom. The quantitative estimate of drug-likeness (QED) is 0.658. The van der Waals surface area contributed by atoms with E-state index in [9.17, 15) is 5.11 Å². The van der Waals surface area contributed by atoms with E-state index in [1.807, 2.05) is 6.07 Å². The molecule has 18 heavy (non-hydrogen) atoms. The Balaban J connectivity index is 2.21. The van der Waals surface area contributed by atoms with Gasteiger partial charge in [-0.25, -0.2) is 0 Å². The molecular weight excluding hydrogens is 232 g/mol. The SMILES string of the molecule is COCCNC[C@@H](O)COc1ccc(C#N)cc1. The van der Waals surface area contributed by atoms with Crippen LogP contribution in [0.4, 0.5) is 0 Å². The van der Waals surface area contributed by atoms with Crippen LogP contribution in [0.5, 0.6) is 5.75 Å². The smallest absolute Gasteiger partial charge is 0.119 e. The summed E-state index contributed by atoms with van der Waals surface area (Å²) in [5.74, 6) is 0.643. The van der Waals surface area contributed by atoms with Crippen LogP contribution in [0.1, 0.15) is 5.56 Å². The summed E-state index contributed by atoms with van der Waals surface area (Å²) < 4.78 is 10.3. The Labute approximate surface area is 107 Å². The second-order valence-corrected chi connectivity index (χ2v) is 3.80. The second-order valence-electron chi connectivity index (χ2n) is 3.80. The Bertz CT molecular complexity index is 373. The third-order valence-corrected chi connectivity index (χ3v) is 2.29. The summed E-state index contributed by atoms with van der Waals surface area (Å²) >= 11 is 0. The second kappa shape index (κ2) is 8.48. The molecule has 0 saturated heterocycles. The highest BCUT2D eigenvalue weighted by Crippen LogP contribution is 2.11. The standard InChI is InChI=1S/C13H18N2O3/c1-17-7-6-15-9-12(16)10-18-13-4-2-11(8-14)3-5-13/h2-5,12,15-16H,6-7,9-10H2,1H3/t12-/m1/s1. The van der Waals surface area contributed by atoms with Crippen LogP contribution in [0.3, 0.4) is 0 Å². The number of nitrogens with one attached hydrogen (secondary N) is 1. The van der Waals surface area contributed by atoms with Crippen molar-refractivity contribution in [2.24, 2.45) is 0 Å². The number of hydrogen-bond acceptors (Lipinski definition) is 5. The minimum absolute atomic E-state index is 0.214. The number of rotatable bonds is 8. The Kier molecular flexibility index (Phi) is 6.81. The molecule has 0 fully saturated rings. The minimum Gasteiger partial charge on any atom is -0.491 e. The molecule has 0 aromatic heterocycles. The normalized spacial score (nSPS) is 11.8. The van der Waals surface area contributed by atoms with E-state index < -0.39 is 6.10 Å². The van der Waals surface area contributed by atoms with Gasteiger partial charge in [-0.2, -0.15) is 5.26 Å². The zero-order chi connectivity index (χ0) is 13.2. The van der Waals surface area contributed by atoms with Gasteiger partial charge in [0.25, 0.3) is 0 Å². The molecule has 0 aliphatic heterocycles. The first-order valence-corrected chi connectivity index (χ1v) is 5.77. The van der Waals surface area contributed by atoms with Crippen molar-refractivity contribution in [3.8, 4) is 11.8 Å². The Morgan fingerprint density at radius 3 is 2.72 bits per heavy atom. The molecule has 2 N–H and O–H groups in total. The lowest BCUT2D eigenvalue weighted by Gasteiger charge is -2.13. The molecule has 5 nitrogen and oxygen atoms in total. The van der Waals surface area contributed by atoms with E-state index >= 15 is 0 Å². The van der Waals surface area contributed by atoms with Gasteiger partial charge in [-0.05, 0) is 24.3 Å². The van der Waals surface area contributed by atoms with Crippen LogP contribution in [-0.2, 0) is 4.74 Å². The number of nitriles is 1. The molecule has 0 spiro atoms. The molecule has 0 bridgehead atoms. The maximum Gasteiger partial charge on any atom is 0.119 e. The number of aliphatic hydroxyl groups excluding tert-OH is 1. The first-order valence-electron chi connectivity index (χ1n) is 5.77. The topological polar surface area (TPSA) is 74.5 Å². The number of nitrogens with zero attached hydrogens (tertiary/aromatic N) is 1. The summed E-state index contributed by atoms with van der Waals surface area (Å²) in [6.45, 7) is 1.99. The van der Waals surface area contributed by atoms with Crippen molar-refractivity contribution in [1.29, 1.82) is 5.26 Å². The highest BCUT2D eigenvalue weighted by atomic mass is 16.5. The lowest BCUT2D eigenvalue weighted by molar-refractivity contribution is 0.103. The monoisotopic (exact) mass is 250 g/mol. The molecule has 0 aliphatic carbocycles. The van der Waals surface area contributed by atoms with Crippen LogP contribution in [0.2, 0.25) is 0 Å². The molecule has 1 rings (SSSR count). The molecule has 0 radical (unpaired) electrons. The molecule has 0 aliphatic rings. The van der Waals surface area contributed by atoms with Crippen LogP contribution < -0.4 is 10.1 Å². The highest BCUT2D eigenvalue weighted by Gasteiger charge is 2.04. The summed E-state index contributed by atoms with van der Waals surface area (Å²) in [5.41, 5.74) is 0.587. The van der Waals surface area contributed by atoms with Crippen molar-refractivity contribution in [2.75, 3.05) is 33.4 Å². The van der Waals surface area contributed by atoms with E-state index in [0.29, 0.717) is 31.0 Å². The van der Waals surface area contributed by atoms with Gasteiger partial charge in [0, 0.05) is 20.2 Å². The van der Waals surface area contributed by atoms with Gasteiger partial charge in [0.2, 0.25) is 0 Å². The Morgan fingerprint density at radius 1 is 1.39 bits per heavy atom. The average Bonchev–Trinajstić information content (AvgIpc) is 2.42. The summed E-state index contributed by atoms with van der Waals surface area (Å²) in [6, 6.07) is 8.81. The number of aliphatic hydroxyl groups is 1. The summed E-state index contributed by atoms with van der Waals surface area (Å²) in [5, 5.41) is 21.3. The number of hydrogen-bond donors (Lipinski definition) is 2. The number of ether oxygens (including phenoxy) is 2. The van der Waals surface area contributed by atoms with Gasteiger partial charge in [0.1, 0.15) is 18.5 Å². The van der Waals surface area contributed by atoms with Gasteiger partial charge < -0.3 is 19.9 Å². The fourth-order valence-corrected chi connectivity index (χ4v) is 1.32. The zero-order valence-corrected chi connectivity index (χ0v) is 10.4. The molecule has 0 amide bonds. The molecule has 98 valence electrons. The molecule has 5 heteroatoms. The van der Waals surface area contributed by atoms with Crippen molar-refractivity contribution in [3.05, 3.63) is 29.8 Å². The third kappa shape index (κ3) is 5.64. The first-order chi connectivity index (χ1) is 8.76. The van der Waals surface area contributed by atoms with Gasteiger partial charge in [0.05, 0.1) is 18.2 Å². The van der Waals surface area contributed by atoms with Crippen molar-refractivity contribution in [2.45, 2.75) is 6.10 Å². The van der Waals surface area contributed by atoms with Crippen LogP contribution in [0, 0.1) is 11.3 Å². The van der Waals surface area contributed by atoms with Crippen LogP contribution in [-0.4, -0.2) is 44.6 Å². The fourth-order valence-electron chi connectivity index (χ4n) is 1.32. The predicted molar refractivity (Wildman–Crippen MR) is 67.4 cm³/mol. The van der Waals surface area contributed by atoms with E-state index in [4.69, 9.17) is 14.7 Å². The average molecular weight is 250 g/mol. The third-order valence-electron chi connectivity index (χ3n) is 2.29. The van der Waals surface area contributed by atoms with E-state index in [2.05, 4.69) is 5.32 Å². The fraction of sp³-hybridized carbons (Fsp3) is 0.462. The molecule has 1 aromatic rings. The van der Waals surface area contributed by atoms with Gasteiger partial charge in [-0.3, -0.25) is 0 Å². The van der Waals surface area contributed by atoms with Gasteiger partial charge >= 0.3 is 0 Å². The maximum absolute atomic E-state index is 9.63.